The van der Waals surface area contributed by atoms with Gasteiger partial charge in [-0.05, 0) is 34.1 Å². The lowest BCUT2D eigenvalue weighted by atomic mass is 10.2. The minimum Gasteiger partial charge on any atom is -0.495 e. The zero-order valence-electron chi connectivity index (χ0n) is 9.97. The summed E-state index contributed by atoms with van der Waals surface area (Å²) in [5.41, 5.74) is 1.82. The van der Waals surface area contributed by atoms with Crippen molar-refractivity contribution in [3.05, 3.63) is 46.4 Å². The molecule has 0 aliphatic rings. The molecular formula is C13H9BrClN3O. The Labute approximate surface area is 123 Å². The Hall–Kier alpha value is -1.59. The van der Waals surface area contributed by atoms with Gasteiger partial charge in [0.05, 0.1) is 23.8 Å². The normalized spacial score (nSPS) is 10.9. The largest absolute Gasteiger partial charge is 0.495 e. The first-order valence-corrected chi connectivity index (χ1v) is 6.69. The molecule has 0 atom stereocenters. The minimum atomic E-state index is 0.557. The zero-order valence-corrected chi connectivity index (χ0v) is 12.3. The van der Waals surface area contributed by atoms with Crippen molar-refractivity contribution < 1.29 is 4.74 Å². The van der Waals surface area contributed by atoms with Crippen LogP contribution >= 0.6 is 27.5 Å². The van der Waals surface area contributed by atoms with Crippen LogP contribution < -0.4 is 4.74 Å². The van der Waals surface area contributed by atoms with Gasteiger partial charge in [-0.1, -0.05) is 11.6 Å². The summed E-state index contributed by atoms with van der Waals surface area (Å²) in [5.74, 6) is 1.45. The summed E-state index contributed by atoms with van der Waals surface area (Å²) in [5, 5.41) is 0.557. The summed E-state index contributed by atoms with van der Waals surface area (Å²) in [4.78, 5) is 8.59. The Morgan fingerprint density at radius 2 is 2.21 bits per heavy atom. The third kappa shape index (κ3) is 2.09. The summed E-state index contributed by atoms with van der Waals surface area (Å²) in [6, 6.07) is 5.59. The van der Waals surface area contributed by atoms with Gasteiger partial charge >= 0.3 is 0 Å². The summed E-state index contributed by atoms with van der Waals surface area (Å²) < 4.78 is 7.86. The third-order valence-electron chi connectivity index (χ3n) is 2.81. The van der Waals surface area contributed by atoms with E-state index in [1.54, 1.807) is 19.5 Å². The van der Waals surface area contributed by atoms with Crippen molar-refractivity contribution in [1.29, 1.82) is 0 Å². The quantitative estimate of drug-likeness (QED) is 0.713. The molecule has 0 saturated heterocycles. The van der Waals surface area contributed by atoms with Gasteiger partial charge in [-0.2, -0.15) is 0 Å². The third-order valence-corrected chi connectivity index (χ3v) is 3.69. The van der Waals surface area contributed by atoms with Crippen LogP contribution in [0.5, 0.6) is 5.75 Å². The van der Waals surface area contributed by atoms with Crippen LogP contribution in [0.25, 0.3) is 16.9 Å². The van der Waals surface area contributed by atoms with Gasteiger partial charge < -0.3 is 4.74 Å². The van der Waals surface area contributed by atoms with Crippen LogP contribution in [-0.4, -0.2) is 21.5 Å². The maximum atomic E-state index is 6.15. The second-order valence-corrected chi connectivity index (χ2v) is 5.07. The second-order valence-electron chi connectivity index (χ2n) is 3.91. The van der Waals surface area contributed by atoms with E-state index < -0.39 is 0 Å². The molecule has 0 aliphatic heterocycles. The number of halogens is 2. The molecule has 0 radical (unpaired) electrons. The number of nitrogens with zero attached hydrogens (tertiary/aromatic N) is 3. The molecule has 2 heterocycles. The average Bonchev–Trinajstić information content (AvgIpc) is 2.77. The molecule has 96 valence electrons. The molecule has 4 nitrogen and oxygen atoms in total. The summed E-state index contributed by atoms with van der Waals surface area (Å²) in [6.45, 7) is 0. The first kappa shape index (κ1) is 12.4. The van der Waals surface area contributed by atoms with Gasteiger partial charge in [-0.3, -0.25) is 9.38 Å². The molecule has 3 aromatic rings. The topological polar surface area (TPSA) is 39.4 Å². The van der Waals surface area contributed by atoms with Gasteiger partial charge in [0, 0.05) is 18.0 Å². The van der Waals surface area contributed by atoms with E-state index in [4.69, 9.17) is 16.3 Å². The van der Waals surface area contributed by atoms with E-state index in [-0.39, 0.29) is 0 Å². The van der Waals surface area contributed by atoms with Gasteiger partial charge in [0.15, 0.2) is 0 Å². The molecule has 1 aromatic carbocycles. The van der Waals surface area contributed by atoms with Gasteiger partial charge in [-0.25, -0.2) is 4.98 Å². The van der Waals surface area contributed by atoms with Crippen LogP contribution in [0.3, 0.4) is 0 Å². The Balaban J connectivity index is 2.22. The number of hydrogen-bond donors (Lipinski definition) is 0. The predicted molar refractivity (Wildman–Crippen MR) is 77.7 cm³/mol. The Morgan fingerprint density at radius 1 is 1.37 bits per heavy atom. The summed E-state index contributed by atoms with van der Waals surface area (Å²) in [7, 11) is 1.59. The molecule has 0 spiro atoms. The van der Waals surface area contributed by atoms with Gasteiger partial charge in [-0.15, -0.1) is 0 Å². The molecule has 0 saturated carbocycles. The smallest absolute Gasteiger partial charge is 0.146 e. The van der Waals surface area contributed by atoms with Crippen molar-refractivity contribution in [2.24, 2.45) is 0 Å². The minimum absolute atomic E-state index is 0.557. The van der Waals surface area contributed by atoms with E-state index in [1.807, 2.05) is 28.8 Å². The van der Waals surface area contributed by atoms with Crippen molar-refractivity contribution in [3.8, 4) is 17.1 Å². The van der Waals surface area contributed by atoms with Crippen LogP contribution in [-0.2, 0) is 0 Å². The molecule has 0 unspecified atom stereocenters. The standard InChI is InChI=1S/C13H9BrClN3O/c1-19-11-3-2-8(6-9(11)15)13-17-12(14)10-7-16-4-5-18(10)13/h2-7H,1H3. The fourth-order valence-corrected chi connectivity index (χ4v) is 2.63. The van der Waals surface area contributed by atoms with E-state index in [0.29, 0.717) is 10.8 Å². The van der Waals surface area contributed by atoms with Gasteiger partial charge in [0.1, 0.15) is 16.2 Å². The molecule has 2 aromatic heterocycles. The molecule has 3 rings (SSSR count). The SMILES string of the molecule is COc1ccc(-c2nc(Br)c3cnccn23)cc1Cl. The van der Waals surface area contributed by atoms with Crippen LogP contribution in [0.15, 0.2) is 41.4 Å². The Morgan fingerprint density at radius 3 is 2.95 bits per heavy atom. The summed E-state index contributed by atoms with van der Waals surface area (Å²) in [6.07, 6.45) is 5.34. The van der Waals surface area contributed by atoms with Crippen LogP contribution in [0, 0.1) is 0 Å². The average molecular weight is 339 g/mol. The molecule has 0 aliphatic carbocycles. The summed E-state index contributed by atoms with van der Waals surface area (Å²) >= 11 is 9.58. The highest BCUT2D eigenvalue weighted by Gasteiger charge is 2.12. The number of fused-ring (bicyclic) bond motifs is 1. The van der Waals surface area contributed by atoms with E-state index in [9.17, 15) is 0 Å². The Bertz CT molecular complexity index is 757. The maximum absolute atomic E-state index is 6.15. The van der Waals surface area contributed by atoms with Crippen molar-refractivity contribution >= 4 is 33.0 Å². The molecule has 6 heteroatoms. The van der Waals surface area contributed by atoms with Crippen molar-refractivity contribution in [1.82, 2.24) is 14.4 Å². The highest BCUT2D eigenvalue weighted by Crippen LogP contribution is 2.31. The van der Waals surface area contributed by atoms with Crippen LogP contribution in [0.4, 0.5) is 0 Å². The number of rotatable bonds is 2. The molecule has 0 N–H and O–H groups in total. The number of hydrogen-bond acceptors (Lipinski definition) is 3. The number of aromatic nitrogens is 3. The van der Waals surface area contributed by atoms with Crippen molar-refractivity contribution in [2.75, 3.05) is 7.11 Å². The maximum Gasteiger partial charge on any atom is 0.146 e. The zero-order chi connectivity index (χ0) is 13.4. The monoisotopic (exact) mass is 337 g/mol. The molecular weight excluding hydrogens is 330 g/mol. The lowest BCUT2D eigenvalue weighted by molar-refractivity contribution is 0.415. The van der Waals surface area contributed by atoms with E-state index in [0.717, 1.165) is 21.5 Å². The van der Waals surface area contributed by atoms with Gasteiger partial charge in [0.2, 0.25) is 0 Å². The molecule has 0 bridgehead atoms. The van der Waals surface area contributed by atoms with Crippen LogP contribution in [0.2, 0.25) is 5.02 Å². The van der Waals surface area contributed by atoms with Gasteiger partial charge in [0.25, 0.3) is 0 Å². The Kier molecular flexibility index (Phi) is 3.16. The predicted octanol–water partition coefficient (Wildman–Crippen LogP) is 3.82. The highest BCUT2D eigenvalue weighted by atomic mass is 79.9. The first-order chi connectivity index (χ1) is 9.20. The number of ether oxygens (including phenoxy) is 1. The second kappa shape index (κ2) is 4.83. The molecule has 19 heavy (non-hydrogen) atoms. The lowest BCUT2D eigenvalue weighted by Crippen LogP contribution is -1.90. The molecule has 0 amide bonds. The van der Waals surface area contributed by atoms with E-state index in [2.05, 4.69) is 25.9 Å². The number of benzene rings is 1. The first-order valence-electron chi connectivity index (χ1n) is 5.52. The van der Waals surface area contributed by atoms with E-state index >= 15 is 0 Å². The number of methoxy groups -OCH3 is 1. The van der Waals surface area contributed by atoms with Crippen LogP contribution in [0.1, 0.15) is 0 Å². The fourth-order valence-electron chi connectivity index (χ4n) is 1.91. The fraction of sp³-hybridized carbons (Fsp3) is 0.0769. The van der Waals surface area contributed by atoms with Crippen molar-refractivity contribution in [2.45, 2.75) is 0 Å². The lowest BCUT2D eigenvalue weighted by Gasteiger charge is -2.05. The highest BCUT2D eigenvalue weighted by molar-refractivity contribution is 9.10. The van der Waals surface area contributed by atoms with Crippen molar-refractivity contribution in [3.63, 3.8) is 0 Å². The van der Waals surface area contributed by atoms with E-state index in [1.165, 1.54) is 0 Å². The number of imidazole rings is 1. The molecule has 0 fully saturated rings.